The number of fused-ring (bicyclic) bond motifs is 1. The first-order valence-electron chi connectivity index (χ1n) is 5.82. The maximum Gasteiger partial charge on any atom is 0.231 e. The third kappa shape index (κ3) is 2.97. The lowest BCUT2D eigenvalue weighted by Crippen LogP contribution is -2.07. The molecule has 1 heterocycles. The average Bonchev–Trinajstić information content (AvgIpc) is 2.83. The highest BCUT2D eigenvalue weighted by atomic mass is 32.2. The van der Waals surface area contributed by atoms with Crippen molar-refractivity contribution in [2.24, 2.45) is 0 Å². The highest BCUT2D eigenvalue weighted by molar-refractivity contribution is 8.13. The number of rotatable bonds is 5. The molecule has 2 rings (SSSR count). The van der Waals surface area contributed by atoms with E-state index in [1.54, 1.807) is 7.11 Å². The van der Waals surface area contributed by atoms with Crippen molar-refractivity contribution >= 4 is 16.9 Å². The summed E-state index contributed by atoms with van der Waals surface area (Å²) in [5.41, 5.74) is 0.937. The first kappa shape index (κ1) is 13.2. The summed E-state index contributed by atoms with van der Waals surface area (Å²) in [5.74, 6) is 2.24. The third-order valence-electron chi connectivity index (χ3n) is 2.71. The molecule has 98 valence electrons. The number of carbonyl (C=O) groups excluding carboxylic acids is 1. The minimum absolute atomic E-state index is 0.141. The summed E-state index contributed by atoms with van der Waals surface area (Å²) in [6.07, 6.45) is 0.139. The van der Waals surface area contributed by atoms with Gasteiger partial charge in [-0.3, -0.25) is 4.79 Å². The molecule has 1 aromatic rings. The molecule has 0 bridgehead atoms. The standard InChI is InChI=1S/C13H16O4S/c1-3-18-13(14)7-11(15-2)9-4-5-10-12(6-9)17-8-16-10/h4-6,11H,3,7-8H2,1-2H3. The second-order valence-corrected chi connectivity index (χ2v) is 5.17. The van der Waals surface area contributed by atoms with Gasteiger partial charge in [0.05, 0.1) is 6.10 Å². The van der Waals surface area contributed by atoms with Crippen molar-refractivity contribution in [2.45, 2.75) is 19.4 Å². The second-order valence-electron chi connectivity index (χ2n) is 3.85. The summed E-state index contributed by atoms with van der Waals surface area (Å²) in [4.78, 5) is 11.6. The second kappa shape index (κ2) is 6.11. The predicted octanol–water partition coefficient (Wildman–Crippen LogP) is 2.77. The number of hydrogen-bond donors (Lipinski definition) is 0. The van der Waals surface area contributed by atoms with Gasteiger partial charge in [0, 0.05) is 13.5 Å². The molecule has 0 amide bonds. The smallest absolute Gasteiger partial charge is 0.231 e. The minimum Gasteiger partial charge on any atom is -0.454 e. The number of carbonyl (C=O) groups is 1. The van der Waals surface area contributed by atoms with E-state index in [9.17, 15) is 4.79 Å². The Hall–Kier alpha value is -1.20. The van der Waals surface area contributed by atoms with Crippen molar-refractivity contribution in [3.63, 3.8) is 0 Å². The van der Waals surface area contributed by atoms with Gasteiger partial charge in [-0.2, -0.15) is 0 Å². The zero-order valence-electron chi connectivity index (χ0n) is 10.5. The fourth-order valence-corrected chi connectivity index (χ4v) is 2.41. The van der Waals surface area contributed by atoms with Gasteiger partial charge in [0.15, 0.2) is 16.6 Å². The molecule has 4 nitrogen and oxygen atoms in total. The van der Waals surface area contributed by atoms with Crippen molar-refractivity contribution in [3.05, 3.63) is 23.8 Å². The van der Waals surface area contributed by atoms with Crippen LogP contribution in [0.3, 0.4) is 0 Å². The van der Waals surface area contributed by atoms with Crippen LogP contribution >= 0.6 is 11.8 Å². The van der Waals surface area contributed by atoms with Gasteiger partial charge >= 0.3 is 0 Å². The number of ether oxygens (including phenoxy) is 3. The molecular weight excluding hydrogens is 252 g/mol. The van der Waals surface area contributed by atoms with Gasteiger partial charge in [-0.15, -0.1) is 0 Å². The maximum atomic E-state index is 11.6. The Bertz CT molecular complexity index is 433. The van der Waals surface area contributed by atoms with E-state index in [1.807, 2.05) is 25.1 Å². The van der Waals surface area contributed by atoms with E-state index in [0.29, 0.717) is 12.2 Å². The number of hydrogen-bond acceptors (Lipinski definition) is 5. The molecule has 0 fully saturated rings. The van der Waals surface area contributed by atoms with E-state index in [1.165, 1.54) is 11.8 Å². The van der Waals surface area contributed by atoms with E-state index >= 15 is 0 Å². The van der Waals surface area contributed by atoms with Crippen molar-refractivity contribution in [2.75, 3.05) is 19.7 Å². The SMILES string of the molecule is CCSC(=O)CC(OC)c1ccc2c(c1)OCO2. The van der Waals surface area contributed by atoms with Gasteiger partial charge in [0.25, 0.3) is 0 Å². The highest BCUT2D eigenvalue weighted by Gasteiger charge is 2.19. The number of benzene rings is 1. The molecule has 0 aliphatic carbocycles. The molecule has 1 unspecified atom stereocenters. The van der Waals surface area contributed by atoms with Crippen LogP contribution in [0.5, 0.6) is 11.5 Å². The van der Waals surface area contributed by atoms with Crippen LogP contribution in [-0.4, -0.2) is 24.8 Å². The predicted molar refractivity (Wildman–Crippen MR) is 70.1 cm³/mol. The highest BCUT2D eigenvalue weighted by Crippen LogP contribution is 2.35. The topological polar surface area (TPSA) is 44.8 Å². The molecule has 1 aliphatic heterocycles. The Balaban J connectivity index is 2.10. The molecular formula is C13H16O4S. The molecule has 1 aromatic carbocycles. The molecule has 0 saturated carbocycles. The van der Waals surface area contributed by atoms with Gasteiger partial charge < -0.3 is 14.2 Å². The van der Waals surface area contributed by atoms with E-state index in [0.717, 1.165) is 17.1 Å². The van der Waals surface area contributed by atoms with E-state index < -0.39 is 0 Å². The lowest BCUT2D eigenvalue weighted by molar-refractivity contribution is -0.113. The largest absolute Gasteiger partial charge is 0.454 e. The van der Waals surface area contributed by atoms with Crippen LogP contribution in [-0.2, 0) is 9.53 Å². The Kier molecular flexibility index (Phi) is 4.49. The molecule has 0 spiro atoms. The van der Waals surface area contributed by atoms with Crippen LogP contribution in [0, 0.1) is 0 Å². The first-order chi connectivity index (χ1) is 8.74. The molecule has 1 aliphatic rings. The molecule has 1 atom stereocenters. The Morgan fingerprint density at radius 2 is 2.22 bits per heavy atom. The molecule has 0 N–H and O–H groups in total. The van der Waals surface area contributed by atoms with Crippen LogP contribution in [0.25, 0.3) is 0 Å². The van der Waals surface area contributed by atoms with Gasteiger partial charge in [-0.25, -0.2) is 0 Å². The normalized spacial score (nSPS) is 14.6. The fraction of sp³-hybridized carbons (Fsp3) is 0.462. The molecule has 0 saturated heterocycles. The summed E-state index contributed by atoms with van der Waals surface area (Å²) < 4.78 is 16.0. The zero-order valence-corrected chi connectivity index (χ0v) is 11.3. The van der Waals surface area contributed by atoms with Crippen molar-refractivity contribution < 1.29 is 19.0 Å². The summed E-state index contributed by atoms with van der Waals surface area (Å²) in [6, 6.07) is 5.63. The fourth-order valence-electron chi connectivity index (χ4n) is 1.82. The van der Waals surface area contributed by atoms with Crippen molar-refractivity contribution in [1.29, 1.82) is 0 Å². The Morgan fingerprint density at radius 1 is 1.44 bits per heavy atom. The van der Waals surface area contributed by atoms with E-state index in [2.05, 4.69) is 0 Å². The Labute approximate surface area is 111 Å². The van der Waals surface area contributed by atoms with Crippen molar-refractivity contribution in [3.8, 4) is 11.5 Å². The first-order valence-corrected chi connectivity index (χ1v) is 6.81. The van der Waals surface area contributed by atoms with E-state index in [4.69, 9.17) is 14.2 Å². The molecule has 0 radical (unpaired) electrons. The molecule has 18 heavy (non-hydrogen) atoms. The van der Waals surface area contributed by atoms with Crippen LogP contribution < -0.4 is 9.47 Å². The summed E-state index contributed by atoms with van der Waals surface area (Å²) in [5, 5.41) is 0.141. The van der Waals surface area contributed by atoms with Gasteiger partial charge in [0.1, 0.15) is 0 Å². The quantitative estimate of drug-likeness (QED) is 0.821. The van der Waals surface area contributed by atoms with E-state index in [-0.39, 0.29) is 18.0 Å². The summed E-state index contributed by atoms with van der Waals surface area (Å²) >= 11 is 1.32. The van der Waals surface area contributed by atoms with Crippen molar-refractivity contribution in [1.82, 2.24) is 0 Å². The van der Waals surface area contributed by atoms with Gasteiger partial charge in [-0.05, 0) is 23.4 Å². The maximum absolute atomic E-state index is 11.6. The monoisotopic (exact) mass is 268 g/mol. The Morgan fingerprint density at radius 3 is 2.94 bits per heavy atom. The van der Waals surface area contributed by atoms with Crippen LogP contribution in [0.1, 0.15) is 25.0 Å². The summed E-state index contributed by atoms with van der Waals surface area (Å²) in [6.45, 7) is 2.21. The minimum atomic E-state index is -0.231. The molecule has 5 heteroatoms. The average molecular weight is 268 g/mol. The lowest BCUT2D eigenvalue weighted by atomic mass is 10.1. The van der Waals surface area contributed by atoms with Gasteiger partial charge in [0.2, 0.25) is 6.79 Å². The zero-order chi connectivity index (χ0) is 13.0. The molecule has 0 aromatic heterocycles. The van der Waals surface area contributed by atoms with Crippen LogP contribution in [0.4, 0.5) is 0 Å². The van der Waals surface area contributed by atoms with Crippen LogP contribution in [0.2, 0.25) is 0 Å². The lowest BCUT2D eigenvalue weighted by Gasteiger charge is -2.15. The van der Waals surface area contributed by atoms with Gasteiger partial charge in [-0.1, -0.05) is 24.8 Å². The summed E-state index contributed by atoms with van der Waals surface area (Å²) in [7, 11) is 1.61. The number of methoxy groups -OCH3 is 1. The van der Waals surface area contributed by atoms with Crippen LogP contribution in [0.15, 0.2) is 18.2 Å². The third-order valence-corrected chi connectivity index (χ3v) is 3.49. The number of thioether (sulfide) groups is 1.